The molecule has 0 fully saturated rings. The van der Waals surface area contributed by atoms with Crippen molar-refractivity contribution in [3.8, 4) is 34.8 Å². The van der Waals surface area contributed by atoms with Gasteiger partial charge in [0, 0.05) is 13.0 Å². The lowest BCUT2D eigenvalue weighted by molar-refractivity contribution is -0.138. The van der Waals surface area contributed by atoms with Crippen molar-refractivity contribution >= 4 is 29.3 Å². The molecule has 0 unspecified atom stereocenters. The van der Waals surface area contributed by atoms with Crippen LogP contribution in [0.1, 0.15) is 6.92 Å². The Balaban J connectivity index is 0.000000340. The lowest BCUT2D eigenvalue weighted by Crippen LogP contribution is -2.15. The summed E-state index contributed by atoms with van der Waals surface area (Å²) in [4.78, 5) is 33.4. The summed E-state index contributed by atoms with van der Waals surface area (Å²) in [5.74, 6) is 5.64. The molecule has 4 rings (SSSR count). The number of hydrogen-bond acceptors (Lipinski definition) is 14. The Labute approximate surface area is 248 Å². The molecule has 14 nitrogen and oxygen atoms in total. The van der Waals surface area contributed by atoms with Gasteiger partial charge in [0.05, 0.1) is 45.9 Å². The highest BCUT2D eigenvalue weighted by Gasteiger charge is 2.20. The summed E-state index contributed by atoms with van der Waals surface area (Å²) in [5, 5.41) is 9.78. The molecule has 2 aliphatic rings. The summed E-state index contributed by atoms with van der Waals surface area (Å²) in [6.07, 6.45) is 2.66. The third-order valence-corrected chi connectivity index (χ3v) is 4.92. The van der Waals surface area contributed by atoms with E-state index in [1.165, 1.54) is 28.4 Å². The number of para-hydroxylation sites is 2. The highest BCUT2D eigenvalue weighted by Crippen LogP contribution is 2.39. The van der Waals surface area contributed by atoms with Crippen molar-refractivity contribution in [3.63, 3.8) is 0 Å². The van der Waals surface area contributed by atoms with Gasteiger partial charge in [0.15, 0.2) is 28.8 Å². The molecule has 0 saturated carbocycles. The molecule has 232 valence electrons. The normalized spacial score (nSPS) is 11.7. The Morgan fingerprint density at radius 1 is 0.837 bits per heavy atom. The zero-order valence-electron chi connectivity index (χ0n) is 24.5. The summed E-state index contributed by atoms with van der Waals surface area (Å²) in [6.45, 7) is 2.15. The number of carbonyl (C=O) groups is 3. The second-order valence-corrected chi connectivity index (χ2v) is 7.42. The lowest BCUT2D eigenvalue weighted by Gasteiger charge is -2.10. The first-order valence-electron chi connectivity index (χ1n) is 12.2. The number of carbonyl (C=O) groups excluding carboxylic acids is 3. The van der Waals surface area contributed by atoms with Gasteiger partial charge in [-0.15, -0.1) is 0 Å². The molecule has 2 heterocycles. The molecule has 0 aromatic heterocycles. The van der Waals surface area contributed by atoms with Crippen LogP contribution in [-0.4, -0.2) is 72.1 Å². The van der Waals surface area contributed by atoms with Gasteiger partial charge in [0.2, 0.25) is 13.6 Å². The van der Waals surface area contributed by atoms with E-state index in [1.54, 1.807) is 37.3 Å². The lowest BCUT2D eigenvalue weighted by atomic mass is 10.2. The number of aliphatic hydroxyl groups is 1. The molecule has 0 amide bonds. The molecule has 14 heteroatoms. The van der Waals surface area contributed by atoms with Crippen molar-refractivity contribution in [1.82, 2.24) is 0 Å². The molecule has 0 spiro atoms. The minimum atomic E-state index is -0.702. The predicted molar refractivity (Wildman–Crippen MR) is 154 cm³/mol. The maximum absolute atomic E-state index is 11.6. The molecule has 2 aromatic carbocycles. The Kier molecular flexibility index (Phi) is 16.1. The molecule has 0 saturated heterocycles. The number of fused-ring (bicyclic) bond motifs is 2. The van der Waals surface area contributed by atoms with E-state index in [2.05, 4.69) is 31.4 Å². The van der Waals surface area contributed by atoms with Crippen molar-refractivity contribution in [2.24, 2.45) is 0 Å². The number of allylic oxidation sites excluding steroid dienone is 2. The van der Waals surface area contributed by atoms with Crippen LogP contribution in [0, 0.1) is 11.8 Å². The maximum Gasteiger partial charge on any atom is 0.384 e. The van der Waals surface area contributed by atoms with Crippen LogP contribution < -0.4 is 30.0 Å². The average molecular weight is 603 g/mol. The van der Waals surface area contributed by atoms with Crippen LogP contribution in [0.15, 0.2) is 60.0 Å². The Bertz CT molecular complexity index is 1360. The van der Waals surface area contributed by atoms with Crippen LogP contribution >= 0.6 is 0 Å². The Morgan fingerprint density at radius 2 is 1.44 bits per heavy atom. The predicted octanol–water partition coefficient (Wildman–Crippen LogP) is 2.38. The first-order chi connectivity index (χ1) is 20.8. The van der Waals surface area contributed by atoms with E-state index in [-0.39, 0.29) is 19.3 Å². The van der Waals surface area contributed by atoms with Gasteiger partial charge in [0.1, 0.15) is 5.70 Å². The van der Waals surface area contributed by atoms with Crippen LogP contribution in [0.25, 0.3) is 0 Å². The van der Waals surface area contributed by atoms with Gasteiger partial charge in [-0.25, -0.2) is 14.4 Å². The van der Waals surface area contributed by atoms with Gasteiger partial charge in [-0.05, 0) is 43.2 Å². The van der Waals surface area contributed by atoms with E-state index in [0.29, 0.717) is 34.4 Å². The van der Waals surface area contributed by atoms with E-state index in [0.717, 1.165) is 18.9 Å². The van der Waals surface area contributed by atoms with E-state index >= 15 is 0 Å². The van der Waals surface area contributed by atoms with Crippen molar-refractivity contribution in [1.29, 1.82) is 0 Å². The maximum atomic E-state index is 11.6. The SMILES string of the molecule is C/C=C(\C#CC(=O)OC)OC.CO.COC(=O)/C=C(/Nc1cccc2c1OCO2)C(=O)OC.Nc1cccc2c1OCO2. The summed E-state index contributed by atoms with van der Waals surface area (Å²) in [6, 6.07) is 10.6. The van der Waals surface area contributed by atoms with E-state index in [1.807, 2.05) is 12.1 Å². The number of benzene rings is 2. The van der Waals surface area contributed by atoms with Gasteiger partial charge in [-0.2, -0.15) is 0 Å². The first kappa shape index (κ1) is 35.5. The van der Waals surface area contributed by atoms with Gasteiger partial charge in [0.25, 0.3) is 0 Å². The number of hydrogen-bond donors (Lipinski definition) is 3. The first-order valence-corrected chi connectivity index (χ1v) is 12.2. The number of ether oxygens (including phenoxy) is 8. The number of anilines is 2. The third kappa shape index (κ3) is 11.5. The molecular weight excluding hydrogens is 568 g/mol. The van der Waals surface area contributed by atoms with Gasteiger partial charge < -0.3 is 54.1 Å². The number of esters is 3. The van der Waals surface area contributed by atoms with Gasteiger partial charge in [-0.1, -0.05) is 12.1 Å². The fraction of sp³-hybridized carbons (Fsp3) is 0.276. The van der Waals surface area contributed by atoms with Crippen molar-refractivity contribution < 1.29 is 57.4 Å². The van der Waals surface area contributed by atoms with Gasteiger partial charge in [-0.3, -0.25) is 0 Å². The Hall–Kier alpha value is -5.55. The quantitative estimate of drug-likeness (QED) is 0.0862. The standard InChI is InChI=1S/C13H13NO6.C8H10O3.C7H7NO2.CH4O/c1-17-11(15)6-9(13(16)18-2)14-8-4-3-5-10-12(8)20-7-19-10;1-4-7(10-2)5-6-8(9)11-3;8-5-2-1-3-6-7(5)10-4-9-6;1-2/h3-6,14H,7H2,1-2H3;4H,1-3H3;1-3H,4,8H2;2H,1H3/b9-6+;7-4+;;. The highest BCUT2D eigenvalue weighted by molar-refractivity contribution is 5.99. The molecule has 4 N–H and O–H groups in total. The molecule has 2 aliphatic heterocycles. The number of nitrogens with two attached hydrogens (primary N) is 1. The number of nitrogen functional groups attached to an aromatic ring is 1. The summed E-state index contributed by atoms with van der Waals surface area (Å²) in [5.41, 5.74) is 6.62. The molecule has 2 aromatic rings. The number of aliphatic hydroxyl groups excluding tert-OH is 1. The van der Waals surface area contributed by atoms with Crippen LogP contribution in [0.2, 0.25) is 0 Å². The topological polar surface area (TPSA) is 183 Å². The van der Waals surface area contributed by atoms with Crippen molar-refractivity contribution in [2.45, 2.75) is 6.92 Å². The minimum absolute atomic E-state index is 0.0664. The fourth-order valence-corrected chi connectivity index (χ4v) is 2.96. The molecule has 0 atom stereocenters. The summed E-state index contributed by atoms with van der Waals surface area (Å²) < 4.78 is 38.8. The highest BCUT2D eigenvalue weighted by atomic mass is 16.7. The molecule has 0 bridgehead atoms. The zero-order valence-corrected chi connectivity index (χ0v) is 24.5. The minimum Gasteiger partial charge on any atom is -0.489 e. The molecule has 0 aliphatic carbocycles. The van der Waals surface area contributed by atoms with Crippen LogP contribution in [-0.2, 0) is 33.3 Å². The van der Waals surface area contributed by atoms with E-state index < -0.39 is 17.9 Å². The van der Waals surface area contributed by atoms with Crippen LogP contribution in [0.4, 0.5) is 11.4 Å². The van der Waals surface area contributed by atoms with E-state index in [4.69, 9.17) is 34.5 Å². The Morgan fingerprint density at radius 3 is 1.98 bits per heavy atom. The molecule has 43 heavy (non-hydrogen) atoms. The summed E-state index contributed by atoms with van der Waals surface area (Å²) >= 11 is 0. The monoisotopic (exact) mass is 602 g/mol. The number of methoxy groups -OCH3 is 4. The number of nitrogens with one attached hydrogen (secondary N) is 1. The second kappa shape index (κ2) is 19.5. The van der Waals surface area contributed by atoms with Crippen molar-refractivity contribution in [2.75, 3.05) is 60.2 Å². The van der Waals surface area contributed by atoms with Crippen LogP contribution in [0.5, 0.6) is 23.0 Å². The smallest absolute Gasteiger partial charge is 0.384 e. The van der Waals surface area contributed by atoms with Crippen molar-refractivity contribution in [3.05, 3.63) is 60.0 Å². The fourth-order valence-electron chi connectivity index (χ4n) is 2.96. The largest absolute Gasteiger partial charge is 0.489 e. The van der Waals surface area contributed by atoms with Crippen LogP contribution in [0.3, 0.4) is 0 Å². The number of rotatable bonds is 5. The second-order valence-electron chi connectivity index (χ2n) is 7.42. The van der Waals surface area contributed by atoms with Gasteiger partial charge >= 0.3 is 17.9 Å². The molecular formula is C29H34N2O12. The third-order valence-electron chi connectivity index (χ3n) is 4.92. The van der Waals surface area contributed by atoms with E-state index in [9.17, 15) is 14.4 Å². The average Bonchev–Trinajstić information content (AvgIpc) is 3.73. The summed E-state index contributed by atoms with van der Waals surface area (Å²) in [7, 11) is 6.19. The zero-order chi connectivity index (χ0) is 32.2. The molecule has 0 radical (unpaired) electrons.